The fourth-order valence-corrected chi connectivity index (χ4v) is 3.67. The van der Waals surface area contributed by atoms with Crippen LogP contribution in [0.5, 0.6) is 0 Å². The molecule has 4 heteroatoms. The molecule has 0 bridgehead atoms. The maximum atomic E-state index is 12.6. The molecule has 4 atom stereocenters. The molecule has 0 aromatic heterocycles. The lowest BCUT2D eigenvalue weighted by molar-refractivity contribution is -0.127. The lowest BCUT2D eigenvalue weighted by Gasteiger charge is -2.25. The zero-order valence-corrected chi connectivity index (χ0v) is 12.3. The summed E-state index contributed by atoms with van der Waals surface area (Å²) in [4.78, 5) is 12.6. The first-order valence-electron chi connectivity index (χ1n) is 7.98. The number of fused-ring (bicyclic) bond motifs is 1. The van der Waals surface area contributed by atoms with Gasteiger partial charge in [-0.25, -0.2) is 0 Å². The van der Waals surface area contributed by atoms with Gasteiger partial charge in [0.25, 0.3) is 0 Å². The molecule has 1 aromatic rings. The van der Waals surface area contributed by atoms with E-state index in [1.54, 1.807) is 0 Å². The number of hydrogen-bond donors (Lipinski definition) is 3. The Balaban J connectivity index is 1.72. The molecule has 1 aromatic carbocycles. The van der Waals surface area contributed by atoms with Crippen molar-refractivity contribution in [3.05, 3.63) is 35.4 Å². The van der Waals surface area contributed by atoms with Crippen molar-refractivity contribution >= 4 is 5.91 Å². The smallest absolute Gasteiger partial charge is 0.225 e. The SMILES string of the molecule is NC1CCCCCC1C(=O)N[C@@H]1c2ccccc2C[C@@H]1O. The predicted molar refractivity (Wildman–Crippen MR) is 81.6 cm³/mol. The van der Waals surface area contributed by atoms with Crippen LogP contribution in [0.3, 0.4) is 0 Å². The Morgan fingerprint density at radius 3 is 2.81 bits per heavy atom. The fraction of sp³-hybridized carbons (Fsp3) is 0.588. The first-order chi connectivity index (χ1) is 10.2. The minimum atomic E-state index is -0.534. The zero-order chi connectivity index (χ0) is 14.8. The molecule has 2 unspecified atom stereocenters. The van der Waals surface area contributed by atoms with E-state index >= 15 is 0 Å². The molecule has 4 nitrogen and oxygen atoms in total. The van der Waals surface area contributed by atoms with Gasteiger partial charge in [-0.15, -0.1) is 0 Å². The Labute approximate surface area is 125 Å². The van der Waals surface area contributed by atoms with Gasteiger partial charge in [0.2, 0.25) is 5.91 Å². The molecular formula is C17H24N2O2. The second-order valence-corrected chi connectivity index (χ2v) is 6.36. The van der Waals surface area contributed by atoms with Gasteiger partial charge in [-0.2, -0.15) is 0 Å². The van der Waals surface area contributed by atoms with Gasteiger partial charge in [0, 0.05) is 12.5 Å². The van der Waals surface area contributed by atoms with Crippen molar-refractivity contribution in [2.75, 3.05) is 0 Å². The first kappa shape index (κ1) is 14.5. The standard InChI is InChI=1S/C17H24N2O2/c18-14-9-3-1-2-8-13(14)17(21)19-16-12-7-5-4-6-11(12)10-15(16)20/h4-7,13-16,20H,1-3,8-10,18H2,(H,19,21)/t13?,14?,15-,16+/m0/s1. The van der Waals surface area contributed by atoms with E-state index in [1.807, 2.05) is 24.3 Å². The molecule has 0 aliphatic heterocycles. The summed E-state index contributed by atoms with van der Waals surface area (Å²) in [5.41, 5.74) is 8.33. The maximum absolute atomic E-state index is 12.6. The molecule has 4 N–H and O–H groups in total. The van der Waals surface area contributed by atoms with Crippen molar-refractivity contribution < 1.29 is 9.90 Å². The molecule has 1 saturated carbocycles. The van der Waals surface area contributed by atoms with Gasteiger partial charge in [0.1, 0.15) is 0 Å². The molecular weight excluding hydrogens is 264 g/mol. The van der Waals surface area contributed by atoms with E-state index in [2.05, 4.69) is 5.32 Å². The van der Waals surface area contributed by atoms with Crippen LogP contribution < -0.4 is 11.1 Å². The van der Waals surface area contributed by atoms with Gasteiger partial charge in [0.15, 0.2) is 0 Å². The Morgan fingerprint density at radius 1 is 1.19 bits per heavy atom. The van der Waals surface area contributed by atoms with Gasteiger partial charge < -0.3 is 16.2 Å². The Bertz CT molecular complexity index is 517. The van der Waals surface area contributed by atoms with Crippen molar-refractivity contribution in [1.82, 2.24) is 5.32 Å². The van der Waals surface area contributed by atoms with Crippen molar-refractivity contribution in [2.45, 2.75) is 56.7 Å². The highest BCUT2D eigenvalue weighted by Gasteiger charge is 2.35. The Kier molecular flexibility index (Phi) is 4.27. The van der Waals surface area contributed by atoms with Gasteiger partial charge in [-0.05, 0) is 24.0 Å². The Morgan fingerprint density at radius 2 is 1.95 bits per heavy atom. The average Bonchev–Trinajstić information content (AvgIpc) is 2.64. The van der Waals surface area contributed by atoms with E-state index in [0.29, 0.717) is 6.42 Å². The van der Waals surface area contributed by atoms with Crippen LogP contribution in [0.15, 0.2) is 24.3 Å². The fourth-order valence-electron chi connectivity index (χ4n) is 3.67. The number of nitrogens with one attached hydrogen (secondary N) is 1. The number of carbonyl (C=O) groups is 1. The minimum Gasteiger partial charge on any atom is -0.390 e. The number of aliphatic hydroxyl groups excluding tert-OH is 1. The number of benzene rings is 1. The van der Waals surface area contributed by atoms with E-state index in [1.165, 1.54) is 0 Å². The van der Waals surface area contributed by atoms with Crippen molar-refractivity contribution in [1.29, 1.82) is 0 Å². The van der Waals surface area contributed by atoms with E-state index in [9.17, 15) is 9.90 Å². The highest BCUT2D eigenvalue weighted by molar-refractivity contribution is 5.80. The van der Waals surface area contributed by atoms with Crippen LogP contribution in [-0.4, -0.2) is 23.2 Å². The third-order valence-corrected chi connectivity index (χ3v) is 4.91. The van der Waals surface area contributed by atoms with Gasteiger partial charge in [-0.3, -0.25) is 4.79 Å². The first-order valence-corrected chi connectivity index (χ1v) is 7.98. The summed E-state index contributed by atoms with van der Waals surface area (Å²) in [5, 5.41) is 13.3. The molecule has 0 heterocycles. The lowest BCUT2D eigenvalue weighted by atomic mass is 9.94. The topological polar surface area (TPSA) is 75.4 Å². The average molecular weight is 288 g/mol. The molecule has 2 aliphatic rings. The maximum Gasteiger partial charge on any atom is 0.225 e. The molecule has 21 heavy (non-hydrogen) atoms. The minimum absolute atomic E-state index is 0.00477. The molecule has 0 radical (unpaired) electrons. The highest BCUT2D eigenvalue weighted by Crippen LogP contribution is 2.32. The highest BCUT2D eigenvalue weighted by atomic mass is 16.3. The second kappa shape index (κ2) is 6.16. The number of nitrogens with two attached hydrogens (primary N) is 1. The van der Waals surface area contributed by atoms with Crippen molar-refractivity contribution in [2.24, 2.45) is 11.7 Å². The molecule has 1 fully saturated rings. The number of rotatable bonds is 2. The normalized spacial score (nSPS) is 32.3. The van der Waals surface area contributed by atoms with Gasteiger partial charge in [-0.1, -0.05) is 43.5 Å². The molecule has 0 saturated heterocycles. The Hall–Kier alpha value is -1.39. The van der Waals surface area contributed by atoms with Gasteiger partial charge >= 0.3 is 0 Å². The van der Waals surface area contributed by atoms with E-state index in [4.69, 9.17) is 5.73 Å². The van der Waals surface area contributed by atoms with E-state index < -0.39 is 6.10 Å². The largest absolute Gasteiger partial charge is 0.390 e. The summed E-state index contributed by atoms with van der Waals surface area (Å²) in [5.74, 6) is -0.113. The molecule has 3 rings (SSSR count). The van der Waals surface area contributed by atoms with Crippen LogP contribution in [-0.2, 0) is 11.2 Å². The molecule has 1 amide bonds. The van der Waals surface area contributed by atoms with E-state index in [0.717, 1.165) is 43.2 Å². The number of carbonyl (C=O) groups excluding carboxylic acids is 1. The second-order valence-electron chi connectivity index (χ2n) is 6.36. The predicted octanol–water partition coefficient (Wildman–Crippen LogP) is 1.67. The van der Waals surface area contributed by atoms with Crippen molar-refractivity contribution in [3.8, 4) is 0 Å². The molecule has 0 spiro atoms. The summed E-state index contributed by atoms with van der Waals surface area (Å²) < 4.78 is 0. The van der Waals surface area contributed by atoms with Crippen LogP contribution in [0.4, 0.5) is 0 Å². The lowest BCUT2D eigenvalue weighted by Crippen LogP contribution is -2.44. The number of aliphatic hydroxyl groups is 1. The quantitative estimate of drug-likeness (QED) is 0.725. The third kappa shape index (κ3) is 2.97. The zero-order valence-electron chi connectivity index (χ0n) is 12.3. The summed E-state index contributed by atoms with van der Waals surface area (Å²) in [6.07, 6.45) is 5.19. The van der Waals surface area contributed by atoms with Crippen LogP contribution in [0, 0.1) is 5.92 Å². The summed E-state index contributed by atoms with van der Waals surface area (Å²) in [6, 6.07) is 7.58. The van der Waals surface area contributed by atoms with Crippen LogP contribution >= 0.6 is 0 Å². The third-order valence-electron chi connectivity index (χ3n) is 4.91. The number of amides is 1. The monoisotopic (exact) mass is 288 g/mol. The van der Waals surface area contributed by atoms with Crippen LogP contribution in [0.2, 0.25) is 0 Å². The molecule has 2 aliphatic carbocycles. The van der Waals surface area contributed by atoms with Crippen LogP contribution in [0.25, 0.3) is 0 Å². The van der Waals surface area contributed by atoms with E-state index in [-0.39, 0.29) is 23.9 Å². The molecule has 114 valence electrons. The van der Waals surface area contributed by atoms with Gasteiger partial charge in [0.05, 0.1) is 18.1 Å². The number of hydrogen-bond acceptors (Lipinski definition) is 3. The summed E-state index contributed by atoms with van der Waals surface area (Å²) >= 11 is 0. The van der Waals surface area contributed by atoms with Crippen LogP contribution in [0.1, 0.15) is 49.3 Å². The van der Waals surface area contributed by atoms with Crippen molar-refractivity contribution in [3.63, 3.8) is 0 Å². The summed E-state index contributed by atoms with van der Waals surface area (Å²) in [7, 11) is 0. The summed E-state index contributed by atoms with van der Waals surface area (Å²) in [6.45, 7) is 0.